The minimum absolute atomic E-state index is 0.215. The molecule has 0 saturated heterocycles. The second kappa shape index (κ2) is 6.19. The maximum atomic E-state index is 6.19. The van der Waals surface area contributed by atoms with Crippen molar-refractivity contribution in [2.75, 3.05) is 7.05 Å². The predicted molar refractivity (Wildman–Crippen MR) is 76.2 cm³/mol. The third-order valence-corrected chi connectivity index (χ3v) is 3.48. The summed E-state index contributed by atoms with van der Waals surface area (Å²) in [5.41, 5.74) is 2.27. The van der Waals surface area contributed by atoms with Crippen molar-refractivity contribution in [2.45, 2.75) is 12.5 Å². The van der Waals surface area contributed by atoms with Crippen LogP contribution in [0.25, 0.3) is 0 Å². The SMILES string of the molecule is CNC(Cc1ccc(Cl)cc1Cl)c1ccncc1. The first kappa shape index (κ1) is 13.3. The molecule has 1 unspecified atom stereocenters. The highest BCUT2D eigenvalue weighted by molar-refractivity contribution is 6.35. The standard InChI is InChI=1S/C14H14Cl2N2/c1-17-14(10-4-6-18-7-5-10)8-11-2-3-12(15)9-13(11)16/h2-7,9,14,17H,8H2,1H3. The van der Waals surface area contributed by atoms with Crippen molar-refractivity contribution in [1.82, 2.24) is 10.3 Å². The number of likely N-dealkylation sites (N-methyl/N-ethyl adjacent to an activating group) is 1. The van der Waals surface area contributed by atoms with Gasteiger partial charge < -0.3 is 5.32 Å². The van der Waals surface area contributed by atoms with E-state index in [0.29, 0.717) is 10.0 Å². The Kier molecular flexibility index (Phi) is 4.59. The van der Waals surface area contributed by atoms with Crippen LogP contribution in [-0.4, -0.2) is 12.0 Å². The summed E-state index contributed by atoms with van der Waals surface area (Å²) in [7, 11) is 1.94. The van der Waals surface area contributed by atoms with E-state index in [4.69, 9.17) is 23.2 Å². The molecule has 1 atom stereocenters. The summed E-state index contributed by atoms with van der Waals surface area (Å²) < 4.78 is 0. The van der Waals surface area contributed by atoms with Crippen LogP contribution in [-0.2, 0) is 6.42 Å². The average molecular weight is 281 g/mol. The molecule has 0 radical (unpaired) electrons. The molecular formula is C14H14Cl2N2. The molecule has 0 aliphatic rings. The minimum Gasteiger partial charge on any atom is -0.313 e. The van der Waals surface area contributed by atoms with Crippen LogP contribution in [0.15, 0.2) is 42.7 Å². The Morgan fingerprint density at radius 1 is 1.17 bits per heavy atom. The van der Waals surface area contributed by atoms with Gasteiger partial charge >= 0.3 is 0 Å². The molecule has 2 aromatic rings. The monoisotopic (exact) mass is 280 g/mol. The highest BCUT2D eigenvalue weighted by Crippen LogP contribution is 2.25. The number of hydrogen-bond acceptors (Lipinski definition) is 2. The average Bonchev–Trinajstić information content (AvgIpc) is 2.39. The Balaban J connectivity index is 2.21. The van der Waals surface area contributed by atoms with Crippen molar-refractivity contribution in [1.29, 1.82) is 0 Å². The Morgan fingerprint density at radius 2 is 1.89 bits per heavy atom. The fourth-order valence-electron chi connectivity index (χ4n) is 1.89. The van der Waals surface area contributed by atoms with Crippen molar-refractivity contribution in [3.63, 3.8) is 0 Å². The first-order chi connectivity index (χ1) is 8.70. The number of nitrogens with one attached hydrogen (secondary N) is 1. The van der Waals surface area contributed by atoms with Crippen LogP contribution in [0.3, 0.4) is 0 Å². The van der Waals surface area contributed by atoms with Crippen LogP contribution in [0.4, 0.5) is 0 Å². The fourth-order valence-corrected chi connectivity index (χ4v) is 2.38. The minimum atomic E-state index is 0.215. The first-order valence-corrected chi connectivity index (χ1v) is 6.47. The molecule has 0 aliphatic heterocycles. The van der Waals surface area contributed by atoms with E-state index < -0.39 is 0 Å². The lowest BCUT2D eigenvalue weighted by Gasteiger charge is -2.17. The Labute approximate surface area is 117 Å². The summed E-state index contributed by atoms with van der Waals surface area (Å²) in [6.45, 7) is 0. The smallest absolute Gasteiger partial charge is 0.0453 e. The van der Waals surface area contributed by atoms with Crippen molar-refractivity contribution >= 4 is 23.2 Å². The molecule has 1 aromatic heterocycles. The lowest BCUT2D eigenvalue weighted by molar-refractivity contribution is 0.591. The van der Waals surface area contributed by atoms with E-state index in [1.807, 2.05) is 31.3 Å². The Hall–Kier alpha value is -1.09. The molecule has 4 heteroatoms. The lowest BCUT2D eigenvalue weighted by Crippen LogP contribution is -2.19. The quantitative estimate of drug-likeness (QED) is 0.919. The third-order valence-electron chi connectivity index (χ3n) is 2.90. The van der Waals surface area contributed by atoms with Crippen LogP contribution in [0.5, 0.6) is 0 Å². The topological polar surface area (TPSA) is 24.9 Å². The number of nitrogens with zero attached hydrogens (tertiary/aromatic N) is 1. The molecular weight excluding hydrogens is 267 g/mol. The van der Waals surface area contributed by atoms with E-state index in [9.17, 15) is 0 Å². The van der Waals surface area contributed by atoms with Gasteiger partial charge in [0.05, 0.1) is 0 Å². The lowest BCUT2D eigenvalue weighted by atomic mass is 10.00. The van der Waals surface area contributed by atoms with Gasteiger partial charge in [-0.15, -0.1) is 0 Å². The molecule has 1 N–H and O–H groups in total. The Morgan fingerprint density at radius 3 is 2.50 bits per heavy atom. The normalized spacial score (nSPS) is 12.4. The summed E-state index contributed by atoms with van der Waals surface area (Å²) in [6, 6.07) is 9.83. The Bertz CT molecular complexity index is 514. The number of rotatable bonds is 4. The van der Waals surface area contributed by atoms with Gasteiger partial charge in [-0.1, -0.05) is 29.3 Å². The zero-order valence-corrected chi connectivity index (χ0v) is 11.5. The van der Waals surface area contributed by atoms with Crippen molar-refractivity contribution in [3.05, 3.63) is 63.9 Å². The van der Waals surface area contributed by atoms with Gasteiger partial charge in [-0.2, -0.15) is 0 Å². The first-order valence-electron chi connectivity index (χ1n) is 5.72. The van der Waals surface area contributed by atoms with Crippen LogP contribution in [0.1, 0.15) is 17.2 Å². The summed E-state index contributed by atoms with van der Waals surface area (Å²) in [4.78, 5) is 4.03. The van der Waals surface area contributed by atoms with E-state index >= 15 is 0 Å². The summed E-state index contributed by atoms with van der Waals surface area (Å²) in [5, 5.41) is 4.66. The van der Waals surface area contributed by atoms with Crippen LogP contribution in [0, 0.1) is 0 Å². The van der Waals surface area contributed by atoms with E-state index in [1.54, 1.807) is 18.5 Å². The maximum absolute atomic E-state index is 6.19. The van der Waals surface area contributed by atoms with E-state index in [-0.39, 0.29) is 6.04 Å². The number of aromatic nitrogens is 1. The molecule has 0 aliphatic carbocycles. The predicted octanol–water partition coefficient (Wildman–Crippen LogP) is 3.89. The fraction of sp³-hybridized carbons (Fsp3) is 0.214. The van der Waals surface area contributed by atoms with Gasteiger partial charge in [0.1, 0.15) is 0 Å². The molecule has 0 spiro atoms. The van der Waals surface area contributed by atoms with Crippen LogP contribution >= 0.6 is 23.2 Å². The van der Waals surface area contributed by atoms with Crippen LogP contribution in [0.2, 0.25) is 10.0 Å². The largest absolute Gasteiger partial charge is 0.313 e. The van der Waals surface area contributed by atoms with Crippen molar-refractivity contribution in [3.8, 4) is 0 Å². The van der Waals surface area contributed by atoms with Gasteiger partial charge in [-0.25, -0.2) is 0 Å². The maximum Gasteiger partial charge on any atom is 0.0453 e. The molecule has 18 heavy (non-hydrogen) atoms. The number of pyridine rings is 1. The van der Waals surface area contributed by atoms with Gasteiger partial charge in [0.15, 0.2) is 0 Å². The van der Waals surface area contributed by atoms with E-state index in [2.05, 4.69) is 10.3 Å². The highest BCUT2D eigenvalue weighted by Gasteiger charge is 2.12. The summed E-state index contributed by atoms with van der Waals surface area (Å²) in [5.74, 6) is 0. The molecule has 94 valence electrons. The molecule has 0 fully saturated rings. The zero-order chi connectivity index (χ0) is 13.0. The highest BCUT2D eigenvalue weighted by atomic mass is 35.5. The molecule has 0 amide bonds. The van der Waals surface area contributed by atoms with E-state index in [1.165, 1.54) is 5.56 Å². The molecule has 0 saturated carbocycles. The van der Waals surface area contributed by atoms with Crippen LogP contribution < -0.4 is 5.32 Å². The van der Waals surface area contributed by atoms with Gasteiger partial charge in [0.2, 0.25) is 0 Å². The number of hydrogen-bond donors (Lipinski definition) is 1. The molecule has 1 heterocycles. The van der Waals surface area contributed by atoms with Gasteiger partial charge in [-0.3, -0.25) is 4.98 Å². The summed E-state index contributed by atoms with van der Waals surface area (Å²) >= 11 is 12.1. The summed E-state index contributed by atoms with van der Waals surface area (Å²) in [6.07, 6.45) is 4.41. The second-order valence-corrected chi connectivity index (χ2v) is 4.91. The molecule has 0 bridgehead atoms. The molecule has 1 aromatic carbocycles. The van der Waals surface area contributed by atoms with Crippen molar-refractivity contribution in [2.24, 2.45) is 0 Å². The zero-order valence-electron chi connectivity index (χ0n) is 10.0. The van der Waals surface area contributed by atoms with Gasteiger partial charge in [0, 0.05) is 28.5 Å². The van der Waals surface area contributed by atoms with Gasteiger partial charge in [0.25, 0.3) is 0 Å². The van der Waals surface area contributed by atoms with Crippen molar-refractivity contribution < 1.29 is 0 Å². The molecule has 2 nitrogen and oxygen atoms in total. The number of benzene rings is 1. The number of halogens is 2. The molecule has 2 rings (SSSR count). The third kappa shape index (κ3) is 3.22. The van der Waals surface area contributed by atoms with Gasteiger partial charge in [-0.05, 0) is 48.9 Å². The van der Waals surface area contributed by atoms with E-state index in [0.717, 1.165) is 12.0 Å². The second-order valence-electron chi connectivity index (χ2n) is 4.06.